The van der Waals surface area contributed by atoms with Crippen LogP contribution in [0.25, 0.3) is 0 Å². The summed E-state index contributed by atoms with van der Waals surface area (Å²) in [5.41, 5.74) is 2.82. The van der Waals surface area contributed by atoms with Gasteiger partial charge in [0.25, 0.3) is 0 Å². The maximum atomic E-state index is 12.0. The number of thiol groups is 1. The molecule has 1 fully saturated rings. The molecular weight excluding hydrogens is 234 g/mol. The summed E-state index contributed by atoms with van der Waals surface area (Å²) in [7, 11) is 0. The van der Waals surface area contributed by atoms with Gasteiger partial charge in [0, 0.05) is 18.7 Å². The molecule has 1 atom stereocenters. The number of anilines is 1. The van der Waals surface area contributed by atoms with Gasteiger partial charge in [0.2, 0.25) is 5.91 Å². The average molecular weight is 251 g/mol. The highest BCUT2D eigenvalue weighted by Crippen LogP contribution is 2.33. The van der Waals surface area contributed by atoms with Crippen LogP contribution in [-0.2, 0) is 4.79 Å². The van der Waals surface area contributed by atoms with E-state index < -0.39 is 0 Å². The van der Waals surface area contributed by atoms with Gasteiger partial charge in [-0.05, 0) is 48.8 Å². The molecule has 2 rings (SSSR count). The molecule has 1 N–H and O–H groups in total. The maximum Gasteiger partial charge on any atom is 0.227 e. The van der Waals surface area contributed by atoms with E-state index in [1.807, 2.05) is 18.7 Å². The molecule has 1 aromatic carbocycles. The molecule has 0 spiro atoms. The van der Waals surface area contributed by atoms with Crippen molar-refractivity contribution >= 4 is 24.2 Å². The minimum Gasteiger partial charge on any atom is -0.508 e. The smallest absolute Gasteiger partial charge is 0.227 e. The fourth-order valence-corrected chi connectivity index (χ4v) is 2.72. The van der Waals surface area contributed by atoms with Gasteiger partial charge in [-0.25, -0.2) is 0 Å². The number of aromatic hydroxyl groups is 1. The Morgan fingerprint density at radius 1 is 1.41 bits per heavy atom. The van der Waals surface area contributed by atoms with Gasteiger partial charge in [-0.2, -0.15) is 12.6 Å². The summed E-state index contributed by atoms with van der Waals surface area (Å²) in [5, 5.41) is 9.51. The quantitative estimate of drug-likeness (QED) is 0.792. The van der Waals surface area contributed by atoms with Crippen molar-refractivity contribution in [2.45, 2.75) is 20.3 Å². The number of hydrogen-bond donors (Lipinski definition) is 2. The Labute approximate surface area is 107 Å². The lowest BCUT2D eigenvalue weighted by Gasteiger charge is -2.21. The first-order chi connectivity index (χ1) is 8.02. The van der Waals surface area contributed by atoms with E-state index in [4.69, 9.17) is 0 Å². The van der Waals surface area contributed by atoms with Crippen molar-refractivity contribution in [3.8, 4) is 5.75 Å². The molecule has 1 heterocycles. The summed E-state index contributed by atoms with van der Waals surface area (Å²) in [6.45, 7) is 4.57. The first-order valence-electron chi connectivity index (χ1n) is 5.74. The number of phenolic OH excluding ortho intramolecular Hbond substituents is 1. The number of carbonyl (C=O) groups is 1. The number of hydrogen-bond acceptors (Lipinski definition) is 3. The molecule has 1 amide bonds. The van der Waals surface area contributed by atoms with E-state index in [1.165, 1.54) is 0 Å². The van der Waals surface area contributed by atoms with Gasteiger partial charge in [0.1, 0.15) is 5.75 Å². The predicted molar refractivity (Wildman–Crippen MR) is 71.9 cm³/mol. The van der Waals surface area contributed by atoms with Crippen LogP contribution in [0.4, 0.5) is 5.69 Å². The van der Waals surface area contributed by atoms with Gasteiger partial charge >= 0.3 is 0 Å². The Bertz CT molecular complexity index is 436. The van der Waals surface area contributed by atoms with Crippen LogP contribution in [0.1, 0.15) is 17.5 Å². The number of phenols is 1. The lowest BCUT2D eigenvalue weighted by molar-refractivity contribution is -0.117. The van der Waals surface area contributed by atoms with Crippen LogP contribution < -0.4 is 4.90 Å². The van der Waals surface area contributed by atoms with Crippen molar-refractivity contribution < 1.29 is 9.90 Å². The second-order valence-electron chi connectivity index (χ2n) is 4.69. The first kappa shape index (κ1) is 12.3. The van der Waals surface area contributed by atoms with E-state index in [0.717, 1.165) is 29.1 Å². The SMILES string of the molecule is Cc1cc(O)cc(C)c1N1CC(CS)CC1=O. The molecule has 0 aromatic heterocycles. The van der Waals surface area contributed by atoms with Crippen molar-refractivity contribution in [3.05, 3.63) is 23.3 Å². The molecule has 0 aliphatic carbocycles. The largest absolute Gasteiger partial charge is 0.508 e. The van der Waals surface area contributed by atoms with Crippen molar-refractivity contribution in [1.29, 1.82) is 0 Å². The van der Waals surface area contributed by atoms with E-state index in [9.17, 15) is 9.90 Å². The fourth-order valence-electron chi connectivity index (χ4n) is 2.48. The van der Waals surface area contributed by atoms with Crippen molar-refractivity contribution in [2.75, 3.05) is 17.2 Å². The molecule has 0 radical (unpaired) electrons. The number of benzene rings is 1. The normalized spacial score (nSPS) is 20.1. The summed E-state index contributed by atoms with van der Waals surface area (Å²) in [5.74, 6) is 1.47. The molecule has 1 unspecified atom stereocenters. The van der Waals surface area contributed by atoms with Crippen LogP contribution in [0.5, 0.6) is 5.75 Å². The zero-order valence-corrected chi connectivity index (χ0v) is 11.0. The third-order valence-electron chi connectivity index (χ3n) is 3.21. The van der Waals surface area contributed by atoms with Crippen molar-refractivity contribution in [2.24, 2.45) is 5.92 Å². The molecule has 1 aliphatic heterocycles. The molecule has 92 valence electrons. The highest BCUT2D eigenvalue weighted by Gasteiger charge is 2.31. The first-order valence-corrected chi connectivity index (χ1v) is 6.37. The second-order valence-corrected chi connectivity index (χ2v) is 5.05. The maximum absolute atomic E-state index is 12.0. The Morgan fingerprint density at radius 2 is 2.00 bits per heavy atom. The van der Waals surface area contributed by atoms with Crippen LogP contribution >= 0.6 is 12.6 Å². The average Bonchev–Trinajstić information content (AvgIpc) is 2.59. The van der Waals surface area contributed by atoms with Gasteiger partial charge < -0.3 is 10.0 Å². The number of rotatable bonds is 2. The summed E-state index contributed by atoms with van der Waals surface area (Å²) in [4.78, 5) is 13.8. The van der Waals surface area contributed by atoms with E-state index >= 15 is 0 Å². The molecule has 1 aliphatic rings. The van der Waals surface area contributed by atoms with Gasteiger partial charge in [0.05, 0.1) is 0 Å². The fraction of sp³-hybridized carbons (Fsp3) is 0.462. The molecular formula is C13H17NO2S. The monoisotopic (exact) mass is 251 g/mol. The zero-order chi connectivity index (χ0) is 12.6. The Balaban J connectivity index is 2.38. The summed E-state index contributed by atoms with van der Waals surface area (Å²) < 4.78 is 0. The molecule has 0 bridgehead atoms. The van der Waals surface area contributed by atoms with Crippen LogP contribution in [0.2, 0.25) is 0 Å². The van der Waals surface area contributed by atoms with E-state index in [0.29, 0.717) is 12.3 Å². The highest BCUT2D eigenvalue weighted by atomic mass is 32.1. The third-order valence-corrected chi connectivity index (χ3v) is 3.73. The highest BCUT2D eigenvalue weighted by molar-refractivity contribution is 7.80. The van der Waals surface area contributed by atoms with Crippen LogP contribution in [0.3, 0.4) is 0 Å². The number of aryl methyl sites for hydroxylation is 2. The van der Waals surface area contributed by atoms with Gasteiger partial charge in [0.15, 0.2) is 0 Å². The topological polar surface area (TPSA) is 40.5 Å². The zero-order valence-electron chi connectivity index (χ0n) is 10.1. The molecule has 1 saturated heterocycles. The lowest BCUT2D eigenvalue weighted by Crippen LogP contribution is -2.26. The van der Waals surface area contributed by atoms with Gasteiger partial charge in [-0.15, -0.1) is 0 Å². The van der Waals surface area contributed by atoms with E-state index in [2.05, 4.69) is 12.6 Å². The standard InChI is InChI=1S/C13H17NO2S/c1-8-3-11(15)4-9(2)13(8)14-6-10(7-17)5-12(14)16/h3-4,10,15,17H,5-7H2,1-2H3. The Hall–Kier alpha value is -1.16. The molecule has 4 heteroatoms. The second kappa shape index (κ2) is 4.61. The van der Waals surface area contributed by atoms with Crippen molar-refractivity contribution in [1.82, 2.24) is 0 Å². The molecule has 17 heavy (non-hydrogen) atoms. The summed E-state index contributed by atoms with van der Waals surface area (Å²) in [6.07, 6.45) is 0.573. The Morgan fingerprint density at radius 3 is 2.47 bits per heavy atom. The van der Waals surface area contributed by atoms with E-state index in [1.54, 1.807) is 12.1 Å². The van der Waals surface area contributed by atoms with Crippen LogP contribution in [-0.4, -0.2) is 23.3 Å². The van der Waals surface area contributed by atoms with Crippen LogP contribution in [0.15, 0.2) is 12.1 Å². The predicted octanol–water partition coefficient (Wildman–Crippen LogP) is 2.29. The Kier molecular flexibility index (Phi) is 3.33. The summed E-state index contributed by atoms with van der Waals surface area (Å²) >= 11 is 4.26. The minimum atomic E-state index is 0.154. The number of carbonyl (C=O) groups excluding carboxylic acids is 1. The van der Waals surface area contributed by atoms with Gasteiger partial charge in [-0.3, -0.25) is 4.79 Å². The van der Waals surface area contributed by atoms with Crippen molar-refractivity contribution in [3.63, 3.8) is 0 Å². The third kappa shape index (κ3) is 2.27. The minimum absolute atomic E-state index is 0.154. The molecule has 3 nitrogen and oxygen atoms in total. The number of amides is 1. The molecule has 1 aromatic rings. The van der Waals surface area contributed by atoms with Gasteiger partial charge in [-0.1, -0.05) is 0 Å². The number of nitrogens with zero attached hydrogens (tertiary/aromatic N) is 1. The molecule has 0 saturated carbocycles. The van der Waals surface area contributed by atoms with Crippen LogP contribution in [0, 0.1) is 19.8 Å². The van der Waals surface area contributed by atoms with E-state index in [-0.39, 0.29) is 11.7 Å². The summed E-state index contributed by atoms with van der Waals surface area (Å²) in [6, 6.07) is 3.40. The lowest BCUT2D eigenvalue weighted by atomic mass is 10.1.